The van der Waals surface area contributed by atoms with Crippen molar-refractivity contribution in [3.63, 3.8) is 0 Å². The fourth-order valence-electron chi connectivity index (χ4n) is 1.08. The van der Waals surface area contributed by atoms with Gasteiger partial charge in [0, 0.05) is 11.2 Å². The molecule has 0 saturated heterocycles. The first-order valence-electron chi connectivity index (χ1n) is 3.91. The summed E-state index contributed by atoms with van der Waals surface area (Å²) in [6, 6.07) is 9.26. The van der Waals surface area contributed by atoms with Crippen LogP contribution in [0.1, 0.15) is 4.88 Å². The van der Waals surface area contributed by atoms with E-state index in [1.807, 2.05) is 6.07 Å². The number of nitrogens with zero attached hydrogens (tertiary/aromatic N) is 2. The summed E-state index contributed by atoms with van der Waals surface area (Å²) in [7, 11) is 0. The molecule has 0 aliphatic rings. The first-order chi connectivity index (χ1) is 6.79. The Morgan fingerprint density at radius 3 is 2.86 bits per heavy atom. The average Bonchev–Trinajstić information content (AvgIpc) is 2.66. The van der Waals surface area contributed by atoms with E-state index in [0.717, 1.165) is 10.6 Å². The molecule has 0 unspecified atom stereocenters. The van der Waals surface area contributed by atoms with Gasteiger partial charge in [0.2, 0.25) is 0 Å². The fourth-order valence-corrected chi connectivity index (χ4v) is 2.01. The topological polar surface area (TPSA) is 36.7 Å². The highest BCUT2D eigenvalue weighted by Crippen LogP contribution is 2.27. The number of thiophene rings is 1. The van der Waals surface area contributed by atoms with Gasteiger partial charge in [0.1, 0.15) is 10.9 Å². The summed E-state index contributed by atoms with van der Waals surface area (Å²) in [5, 5.41) is 9.32. The molecule has 2 aromatic rings. The van der Waals surface area contributed by atoms with E-state index in [9.17, 15) is 0 Å². The molecule has 2 heterocycles. The molecule has 2 rings (SSSR count). The van der Waals surface area contributed by atoms with E-state index < -0.39 is 0 Å². The minimum absolute atomic E-state index is 0.655. The number of aromatic nitrogens is 1. The summed E-state index contributed by atoms with van der Waals surface area (Å²) < 4.78 is 0. The summed E-state index contributed by atoms with van der Waals surface area (Å²) in [6.45, 7) is 0. The third kappa shape index (κ3) is 1.77. The van der Waals surface area contributed by atoms with Crippen molar-refractivity contribution in [3.8, 4) is 16.6 Å². The Hall–Kier alpha value is -1.37. The largest absolute Gasteiger partial charge is 0.255 e. The first kappa shape index (κ1) is 9.20. The maximum absolute atomic E-state index is 8.67. The molecule has 0 radical (unpaired) electrons. The van der Waals surface area contributed by atoms with Gasteiger partial charge in [-0.1, -0.05) is 11.6 Å². The van der Waals surface area contributed by atoms with E-state index in [1.54, 1.807) is 24.4 Å². The SMILES string of the molecule is N#Cc1ccc(-c2cc(Cl)ccn2)s1. The van der Waals surface area contributed by atoms with Crippen molar-refractivity contribution >= 4 is 22.9 Å². The minimum atomic E-state index is 0.655. The Labute approximate surface area is 90.4 Å². The van der Waals surface area contributed by atoms with Gasteiger partial charge in [-0.15, -0.1) is 11.3 Å². The van der Waals surface area contributed by atoms with Crippen molar-refractivity contribution < 1.29 is 0 Å². The smallest absolute Gasteiger partial charge is 0.110 e. The predicted octanol–water partition coefficient (Wildman–Crippen LogP) is 3.34. The van der Waals surface area contributed by atoms with Crippen LogP contribution in [-0.4, -0.2) is 4.98 Å². The Morgan fingerprint density at radius 2 is 2.21 bits per heavy atom. The van der Waals surface area contributed by atoms with Gasteiger partial charge in [0.05, 0.1) is 10.6 Å². The number of halogens is 1. The summed E-state index contributed by atoms with van der Waals surface area (Å²) in [5.74, 6) is 0. The number of hydrogen-bond acceptors (Lipinski definition) is 3. The van der Waals surface area contributed by atoms with Crippen LogP contribution in [0, 0.1) is 11.3 Å². The average molecular weight is 221 g/mol. The van der Waals surface area contributed by atoms with Crippen molar-refractivity contribution in [1.29, 1.82) is 5.26 Å². The van der Waals surface area contributed by atoms with Crippen LogP contribution < -0.4 is 0 Å². The van der Waals surface area contributed by atoms with Gasteiger partial charge in [0.15, 0.2) is 0 Å². The first-order valence-corrected chi connectivity index (χ1v) is 5.11. The molecule has 2 nitrogen and oxygen atoms in total. The molecule has 0 aliphatic heterocycles. The lowest BCUT2D eigenvalue weighted by molar-refractivity contribution is 1.34. The summed E-state index contributed by atoms with van der Waals surface area (Å²) >= 11 is 7.25. The molecule has 2 aromatic heterocycles. The van der Waals surface area contributed by atoms with Crippen LogP contribution in [-0.2, 0) is 0 Å². The van der Waals surface area contributed by atoms with Crippen molar-refractivity contribution in [2.24, 2.45) is 0 Å². The molecule has 14 heavy (non-hydrogen) atoms. The van der Waals surface area contributed by atoms with Crippen molar-refractivity contribution in [3.05, 3.63) is 40.4 Å². The van der Waals surface area contributed by atoms with Crippen molar-refractivity contribution in [2.75, 3.05) is 0 Å². The molecule has 0 bridgehead atoms. The maximum Gasteiger partial charge on any atom is 0.110 e. The van der Waals surface area contributed by atoms with Crippen LogP contribution in [0.3, 0.4) is 0 Å². The van der Waals surface area contributed by atoms with Gasteiger partial charge in [0.25, 0.3) is 0 Å². The Balaban J connectivity index is 2.45. The molecule has 4 heteroatoms. The molecular formula is C10H5ClN2S. The second kappa shape index (κ2) is 3.79. The number of rotatable bonds is 1. The lowest BCUT2D eigenvalue weighted by Gasteiger charge is -1.95. The lowest BCUT2D eigenvalue weighted by Crippen LogP contribution is -1.77. The molecule has 0 N–H and O–H groups in total. The van der Waals surface area contributed by atoms with E-state index in [1.165, 1.54) is 11.3 Å². The second-order valence-corrected chi connectivity index (χ2v) is 4.16. The predicted molar refractivity (Wildman–Crippen MR) is 57.3 cm³/mol. The molecular weight excluding hydrogens is 216 g/mol. The number of pyridine rings is 1. The third-order valence-electron chi connectivity index (χ3n) is 1.69. The van der Waals surface area contributed by atoms with E-state index in [0.29, 0.717) is 9.90 Å². The van der Waals surface area contributed by atoms with Gasteiger partial charge in [-0.3, -0.25) is 4.98 Å². The minimum Gasteiger partial charge on any atom is -0.255 e. The zero-order chi connectivity index (χ0) is 9.97. The van der Waals surface area contributed by atoms with E-state index in [-0.39, 0.29) is 0 Å². The molecule has 0 saturated carbocycles. The van der Waals surface area contributed by atoms with Gasteiger partial charge in [-0.05, 0) is 24.3 Å². The van der Waals surface area contributed by atoms with Gasteiger partial charge in [-0.2, -0.15) is 5.26 Å². The highest BCUT2D eigenvalue weighted by molar-refractivity contribution is 7.15. The van der Waals surface area contributed by atoms with Crippen LogP contribution in [0.2, 0.25) is 5.02 Å². The monoisotopic (exact) mass is 220 g/mol. The quantitative estimate of drug-likeness (QED) is 0.739. The van der Waals surface area contributed by atoms with Crippen molar-refractivity contribution in [2.45, 2.75) is 0 Å². The van der Waals surface area contributed by atoms with Gasteiger partial charge in [-0.25, -0.2) is 0 Å². The third-order valence-corrected chi connectivity index (χ3v) is 2.94. The van der Waals surface area contributed by atoms with Crippen LogP contribution >= 0.6 is 22.9 Å². The van der Waals surface area contributed by atoms with Crippen LogP contribution in [0.5, 0.6) is 0 Å². The number of hydrogen-bond donors (Lipinski definition) is 0. The lowest BCUT2D eigenvalue weighted by atomic mass is 10.3. The zero-order valence-electron chi connectivity index (χ0n) is 7.07. The molecule has 0 atom stereocenters. The summed E-state index contributed by atoms with van der Waals surface area (Å²) in [4.78, 5) is 5.82. The Kier molecular flexibility index (Phi) is 2.49. The Morgan fingerprint density at radius 1 is 1.36 bits per heavy atom. The van der Waals surface area contributed by atoms with Crippen LogP contribution in [0.4, 0.5) is 0 Å². The fraction of sp³-hybridized carbons (Fsp3) is 0. The van der Waals surface area contributed by atoms with E-state index in [4.69, 9.17) is 16.9 Å². The standard InChI is InChI=1S/C10H5ClN2S/c11-7-3-4-13-9(5-7)10-2-1-8(6-12)14-10/h1-5H. The zero-order valence-corrected chi connectivity index (χ0v) is 8.64. The van der Waals surface area contributed by atoms with Gasteiger partial charge >= 0.3 is 0 Å². The van der Waals surface area contributed by atoms with Crippen molar-refractivity contribution in [1.82, 2.24) is 4.98 Å². The summed E-state index contributed by atoms with van der Waals surface area (Å²) in [5.41, 5.74) is 0.809. The molecule has 0 amide bonds. The molecule has 0 aromatic carbocycles. The van der Waals surface area contributed by atoms with Crippen LogP contribution in [0.15, 0.2) is 30.5 Å². The van der Waals surface area contributed by atoms with E-state index >= 15 is 0 Å². The highest BCUT2D eigenvalue weighted by atomic mass is 35.5. The molecule has 0 fully saturated rings. The van der Waals surface area contributed by atoms with Gasteiger partial charge < -0.3 is 0 Å². The normalized spacial score (nSPS) is 9.71. The number of nitriles is 1. The molecule has 0 aliphatic carbocycles. The molecule has 0 spiro atoms. The maximum atomic E-state index is 8.67. The second-order valence-electron chi connectivity index (χ2n) is 2.64. The Bertz CT molecular complexity index is 499. The molecule has 68 valence electrons. The highest BCUT2D eigenvalue weighted by Gasteiger charge is 2.03. The van der Waals surface area contributed by atoms with Crippen LogP contribution in [0.25, 0.3) is 10.6 Å². The van der Waals surface area contributed by atoms with E-state index in [2.05, 4.69) is 11.1 Å². The summed E-state index contributed by atoms with van der Waals surface area (Å²) in [6.07, 6.45) is 1.66.